The van der Waals surface area contributed by atoms with E-state index in [4.69, 9.17) is 18.0 Å². The van der Waals surface area contributed by atoms with Gasteiger partial charge in [0, 0.05) is 0 Å². The van der Waals surface area contributed by atoms with Crippen LogP contribution in [0.5, 0.6) is 0 Å². The molecule has 4 N–H and O–H groups in total. The molecule has 0 fully saturated rings. The molecule has 0 aliphatic carbocycles. The smallest absolute Gasteiger partial charge is 0.239 e. The number of primary amides is 1. The Morgan fingerprint density at radius 1 is 1.60 bits per heavy atom. The number of thioether (sulfide) groups is 1. The summed E-state index contributed by atoms with van der Waals surface area (Å²) in [5.41, 5.74) is 5.28. The van der Waals surface area contributed by atoms with E-state index in [1.807, 2.05) is 20.2 Å². The fourth-order valence-corrected chi connectivity index (χ4v) is 1.68. The molecule has 0 aromatic carbocycles. The molecule has 0 aromatic rings. The highest BCUT2D eigenvalue weighted by molar-refractivity contribution is 7.98. The minimum atomic E-state index is -0.360. The van der Waals surface area contributed by atoms with Gasteiger partial charge in [-0.05, 0) is 32.4 Å². The molecule has 15 heavy (non-hydrogen) atoms. The molecule has 0 saturated heterocycles. The molecule has 0 bridgehead atoms. The van der Waals surface area contributed by atoms with Crippen molar-refractivity contribution in [3.05, 3.63) is 0 Å². The summed E-state index contributed by atoms with van der Waals surface area (Å²) in [5.74, 6) is 0.534. The number of rotatable bonds is 7. The van der Waals surface area contributed by atoms with E-state index in [1.165, 1.54) is 0 Å². The molecule has 0 heterocycles. The molecular formula is C9H19N3OS2. The van der Waals surface area contributed by atoms with Crippen molar-refractivity contribution in [3.8, 4) is 0 Å². The number of thiocarbonyl (C=S) groups is 1. The zero-order valence-electron chi connectivity index (χ0n) is 9.37. The average Bonchev–Trinajstić information content (AvgIpc) is 2.22. The van der Waals surface area contributed by atoms with Crippen molar-refractivity contribution < 1.29 is 4.79 Å². The second kappa shape index (κ2) is 7.90. The lowest BCUT2D eigenvalue weighted by Crippen LogP contribution is -2.49. The summed E-state index contributed by atoms with van der Waals surface area (Å²) in [6.45, 7) is 1.93. The van der Waals surface area contributed by atoms with E-state index in [2.05, 4.69) is 10.6 Å². The van der Waals surface area contributed by atoms with Gasteiger partial charge in [-0.3, -0.25) is 4.79 Å². The van der Waals surface area contributed by atoms with Gasteiger partial charge in [0.15, 0.2) is 0 Å². The number of nitrogens with one attached hydrogen (secondary N) is 2. The van der Waals surface area contributed by atoms with Crippen molar-refractivity contribution in [2.24, 2.45) is 5.73 Å². The molecule has 4 nitrogen and oxygen atoms in total. The lowest BCUT2D eigenvalue weighted by atomic mass is 10.2. The Hall–Kier alpha value is -0.330. The van der Waals surface area contributed by atoms with Crippen LogP contribution < -0.4 is 16.4 Å². The number of carbonyl (C=O) groups excluding carboxylic acids is 1. The molecule has 1 amide bonds. The van der Waals surface area contributed by atoms with Gasteiger partial charge in [0.05, 0.1) is 11.0 Å². The van der Waals surface area contributed by atoms with Crippen LogP contribution in [0.1, 0.15) is 13.3 Å². The number of hydrogen-bond acceptors (Lipinski definition) is 4. The predicted molar refractivity (Wildman–Crippen MR) is 70.2 cm³/mol. The van der Waals surface area contributed by atoms with Crippen LogP contribution in [-0.2, 0) is 4.79 Å². The Morgan fingerprint density at radius 3 is 2.60 bits per heavy atom. The molecule has 0 unspecified atom stereocenters. The standard InChI is InChI=1S/C9H19N3OS2/c1-6(11-2)9(14)12-7(8(10)13)4-5-15-3/h6-7,11H,4-5H2,1-3H3,(H2,10,13)(H,12,14)/t6-,7-/m0/s1. The van der Waals surface area contributed by atoms with Gasteiger partial charge in [-0.15, -0.1) is 0 Å². The molecule has 0 radical (unpaired) electrons. The van der Waals surface area contributed by atoms with Crippen LogP contribution in [0, 0.1) is 0 Å². The summed E-state index contributed by atoms with van der Waals surface area (Å²) in [6, 6.07) is -0.308. The molecule has 0 spiro atoms. The van der Waals surface area contributed by atoms with Crippen molar-refractivity contribution in [2.75, 3.05) is 19.1 Å². The van der Waals surface area contributed by atoms with Crippen molar-refractivity contribution in [2.45, 2.75) is 25.4 Å². The minimum absolute atomic E-state index is 0.0520. The van der Waals surface area contributed by atoms with Gasteiger partial charge >= 0.3 is 0 Å². The zero-order valence-corrected chi connectivity index (χ0v) is 11.0. The topological polar surface area (TPSA) is 67.2 Å². The molecular weight excluding hydrogens is 230 g/mol. The number of hydrogen-bond donors (Lipinski definition) is 3. The fraction of sp³-hybridized carbons (Fsp3) is 0.778. The summed E-state index contributed by atoms with van der Waals surface area (Å²) < 4.78 is 0. The monoisotopic (exact) mass is 249 g/mol. The lowest BCUT2D eigenvalue weighted by Gasteiger charge is -2.20. The molecule has 0 aromatic heterocycles. The fourth-order valence-electron chi connectivity index (χ4n) is 0.949. The second-order valence-electron chi connectivity index (χ2n) is 3.26. The first-order chi connectivity index (χ1) is 7.02. The Bertz CT molecular complexity index is 223. The maximum absolute atomic E-state index is 11.1. The van der Waals surface area contributed by atoms with Crippen LogP contribution in [0.2, 0.25) is 0 Å². The van der Waals surface area contributed by atoms with Gasteiger partial charge in [-0.2, -0.15) is 11.8 Å². The van der Waals surface area contributed by atoms with Crippen LogP contribution in [0.3, 0.4) is 0 Å². The highest BCUT2D eigenvalue weighted by atomic mass is 32.2. The number of carbonyl (C=O) groups is 1. The maximum atomic E-state index is 11.1. The van der Waals surface area contributed by atoms with Gasteiger partial charge in [0.25, 0.3) is 0 Å². The molecule has 0 saturated carbocycles. The van der Waals surface area contributed by atoms with Crippen LogP contribution in [0.15, 0.2) is 0 Å². The van der Waals surface area contributed by atoms with E-state index in [0.29, 0.717) is 11.4 Å². The van der Waals surface area contributed by atoms with Gasteiger partial charge in [0.1, 0.15) is 6.04 Å². The summed E-state index contributed by atoms with van der Waals surface area (Å²) in [6.07, 6.45) is 2.69. The first-order valence-electron chi connectivity index (χ1n) is 4.78. The maximum Gasteiger partial charge on any atom is 0.239 e. The zero-order chi connectivity index (χ0) is 11.8. The van der Waals surface area contributed by atoms with Gasteiger partial charge in [-0.25, -0.2) is 0 Å². The number of nitrogens with two attached hydrogens (primary N) is 1. The number of amides is 1. The molecule has 0 aliphatic heterocycles. The highest BCUT2D eigenvalue weighted by Gasteiger charge is 2.17. The second-order valence-corrected chi connectivity index (χ2v) is 4.68. The van der Waals surface area contributed by atoms with Crippen molar-refractivity contribution >= 4 is 34.9 Å². The van der Waals surface area contributed by atoms with Crippen molar-refractivity contribution in [1.82, 2.24) is 10.6 Å². The van der Waals surface area contributed by atoms with E-state index in [9.17, 15) is 4.79 Å². The van der Waals surface area contributed by atoms with Crippen LogP contribution in [0.25, 0.3) is 0 Å². The Kier molecular flexibility index (Phi) is 7.72. The van der Waals surface area contributed by atoms with Crippen LogP contribution >= 0.6 is 24.0 Å². The Labute approximate surface area is 101 Å². The Balaban J connectivity index is 4.16. The molecule has 2 atom stereocenters. The molecule has 6 heteroatoms. The first-order valence-corrected chi connectivity index (χ1v) is 6.59. The SMILES string of the molecule is CN[C@@H](C)C(=S)N[C@@H](CCSC)C(N)=O. The van der Waals surface area contributed by atoms with Crippen LogP contribution in [-0.4, -0.2) is 42.0 Å². The molecule has 0 aliphatic rings. The van der Waals surface area contributed by atoms with Crippen LogP contribution in [0.4, 0.5) is 0 Å². The van der Waals surface area contributed by atoms with Crippen molar-refractivity contribution in [1.29, 1.82) is 0 Å². The van der Waals surface area contributed by atoms with Gasteiger partial charge < -0.3 is 16.4 Å². The Morgan fingerprint density at radius 2 is 2.20 bits per heavy atom. The van der Waals surface area contributed by atoms with E-state index in [0.717, 1.165) is 5.75 Å². The summed E-state index contributed by atoms with van der Waals surface area (Å²) in [4.78, 5) is 11.7. The summed E-state index contributed by atoms with van der Waals surface area (Å²) in [7, 11) is 1.82. The molecule has 88 valence electrons. The predicted octanol–water partition coefficient (Wildman–Crippen LogP) is 0.118. The quantitative estimate of drug-likeness (QED) is 0.559. The minimum Gasteiger partial charge on any atom is -0.368 e. The van der Waals surface area contributed by atoms with E-state index in [-0.39, 0.29) is 18.0 Å². The molecule has 0 rings (SSSR count). The van der Waals surface area contributed by atoms with Gasteiger partial charge in [-0.1, -0.05) is 12.2 Å². The first kappa shape index (κ1) is 14.7. The number of likely N-dealkylation sites (N-methyl/N-ethyl adjacent to an activating group) is 1. The van der Waals surface area contributed by atoms with E-state index >= 15 is 0 Å². The third kappa shape index (κ3) is 5.96. The lowest BCUT2D eigenvalue weighted by molar-refractivity contribution is -0.119. The highest BCUT2D eigenvalue weighted by Crippen LogP contribution is 2.01. The normalized spacial score (nSPS) is 14.3. The third-order valence-corrected chi connectivity index (χ3v) is 3.21. The summed E-state index contributed by atoms with van der Waals surface area (Å²) in [5, 5.41) is 5.99. The van der Waals surface area contributed by atoms with E-state index in [1.54, 1.807) is 11.8 Å². The third-order valence-electron chi connectivity index (χ3n) is 2.10. The average molecular weight is 249 g/mol. The van der Waals surface area contributed by atoms with Crippen molar-refractivity contribution in [3.63, 3.8) is 0 Å². The largest absolute Gasteiger partial charge is 0.368 e. The van der Waals surface area contributed by atoms with Gasteiger partial charge in [0.2, 0.25) is 5.91 Å². The summed E-state index contributed by atoms with van der Waals surface area (Å²) >= 11 is 6.82. The van der Waals surface area contributed by atoms with E-state index < -0.39 is 0 Å².